The number of nitrogens with zero attached hydrogens (tertiary/aromatic N) is 1. The van der Waals surface area contributed by atoms with Crippen LogP contribution in [-0.2, 0) is 14.3 Å². The number of aliphatic hydroxyl groups is 1. The summed E-state index contributed by atoms with van der Waals surface area (Å²) in [6.07, 6.45) is 1.66. The molecule has 0 aromatic rings. The topological polar surface area (TPSA) is 87.1 Å². The summed E-state index contributed by atoms with van der Waals surface area (Å²) in [5, 5.41) is 17.3. The molecule has 1 aliphatic rings. The van der Waals surface area contributed by atoms with Crippen molar-refractivity contribution >= 4 is 11.9 Å². The zero-order chi connectivity index (χ0) is 11.3. The molecule has 1 saturated heterocycles. The van der Waals surface area contributed by atoms with Crippen LogP contribution in [-0.4, -0.2) is 59.4 Å². The normalized spacial score (nSPS) is 20.6. The second-order valence-electron chi connectivity index (χ2n) is 3.45. The van der Waals surface area contributed by atoms with Crippen LogP contribution in [0.3, 0.4) is 0 Å². The maximum Gasteiger partial charge on any atom is 0.329 e. The molecule has 6 heteroatoms. The van der Waals surface area contributed by atoms with Gasteiger partial charge in [0.15, 0.2) is 0 Å². The van der Waals surface area contributed by atoms with E-state index in [1.54, 1.807) is 4.90 Å². The van der Waals surface area contributed by atoms with Crippen molar-refractivity contribution in [1.29, 1.82) is 0 Å². The number of amides is 1. The highest BCUT2D eigenvalue weighted by Gasteiger charge is 2.27. The first kappa shape index (κ1) is 11.9. The van der Waals surface area contributed by atoms with Crippen LogP contribution in [0.25, 0.3) is 0 Å². The molecule has 1 amide bonds. The van der Waals surface area contributed by atoms with E-state index >= 15 is 0 Å². The lowest BCUT2D eigenvalue weighted by Crippen LogP contribution is -2.40. The standard InChI is InChI=1S/C9H15NO5/c11-4-7-2-1-3-10(7)8(12)5-15-6-9(13)14/h7,11H,1-6H2,(H,13,14)/t7-/m1/s1. The van der Waals surface area contributed by atoms with Crippen molar-refractivity contribution in [3.63, 3.8) is 0 Å². The first-order chi connectivity index (χ1) is 7.15. The Bertz CT molecular complexity index is 243. The summed E-state index contributed by atoms with van der Waals surface area (Å²) in [7, 11) is 0. The van der Waals surface area contributed by atoms with Gasteiger partial charge in [-0.1, -0.05) is 0 Å². The van der Waals surface area contributed by atoms with Crippen LogP contribution in [0, 0.1) is 0 Å². The second kappa shape index (κ2) is 5.67. The minimum Gasteiger partial charge on any atom is -0.480 e. The average molecular weight is 217 g/mol. The van der Waals surface area contributed by atoms with Gasteiger partial charge in [-0.2, -0.15) is 0 Å². The van der Waals surface area contributed by atoms with E-state index < -0.39 is 12.6 Å². The Labute approximate surface area is 87.4 Å². The van der Waals surface area contributed by atoms with Crippen LogP contribution in [0.4, 0.5) is 0 Å². The number of hydrogen-bond donors (Lipinski definition) is 2. The third-order valence-corrected chi connectivity index (χ3v) is 2.36. The molecular formula is C9H15NO5. The van der Waals surface area contributed by atoms with E-state index in [1.165, 1.54) is 0 Å². The van der Waals surface area contributed by atoms with Crippen molar-refractivity contribution in [2.75, 3.05) is 26.4 Å². The molecule has 1 atom stereocenters. The smallest absolute Gasteiger partial charge is 0.329 e. The van der Waals surface area contributed by atoms with Gasteiger partial charge in [-0.3, -0.25) is 4.79 Å². The largest absolute Gasteiger partial charge is 0.480 e. The Morgan fingerprint density at radius 3 is 2.73 bits per heavy atom. The predicted octanol–water partition coefficient (Wildman–Crippen LogP) is -0.929. The van der Waals surface area contributed by atoms with Crippen molar-refractivity contribution in [3.8, 4) is 0 Å². The minimum atomic E-state index is -1.09. The number of ether oxygens (including phenoxy) is 1. The van der Waals surface area contributed by atoms with Crippen LogP contribution >= 0.6 is 0 Å². The number of carboxylic acid groups (broad SMARTS) is 1. The third-order valence-electron chi connectivity index (χ3n) is 2.36. The number of rotatable bonds is 5. The molecule has 0 aromatic carbocycles. The summed E-state index contributed by atoms with van der Waals surface area (Å²) in [6, 6.07) is -0.133. The average Bonchev–Trinajstić information content (AvgIpc) is 2.64. The van der Waals surface area contributed by atoms with Gasteiger partial charge in [-0.05, 0) is 12.8 Å². The van der Waals surface area contributed by atoms with E-state index in [0.717, 1.165) is 12.8 Å². The molecule has 0 spiro atoms. The fraction of sp³-hybridized carbons (Fsp3) is 0.778. The molecule has 0 unspecified atom stereocenters. The summed E-state index contributed by atoms with van der Waals surface area (Å²) in [6.45, 7) is -0.142. The van der Waals surface area contributed by atoms with Gasteiger partial charge in [0.2, 0.25) is 5.91 Å². The number of aliphatic carboxylic acids is 1. The Balaban J connectivity index is 2.29. The van der Waals surface area contributed by atoms with Crippen LogP contribution in [0.5, 0.6) is 0 Å². The van der Waals surface area contributed by atoms with Crippen molar-refractivity contribution in [2.45, 2.75) is 18.9 Å². The molecule has 0 bridgehead atoms. The molecule has 1 rings (SSSR count). The molecule has 0 aromatic heterocycles. The van der Waals surface area contributed by atoms with Crippen molar-refractivity contribution in [1.82, 2.24) is 4.90 Å². The highest BCUT2D eigenvalue weighted by atomic mass is 16.5. The monoisotopic (exact) mass is 217 g/mol. The SMILES string of the molecule is O=C(O)COCC(=O)N1CCC[C@@H]1CO. The van der Waals surface area contributed by atoms with Gasteiger partial charge < -0.3 is 19.8 Å². The van der Waals surface area contributed by atoms with E-state index in [1.807, 2.05) is 0 Å². The quantitative estimate of drug-likeness (QED) is 0.621. The molecule has 86 valence electrons. The fourth-order valence-corrected chi connectivity index (χ4v) is 1.66. The highest BCUT2D eigenvalue weighted by Crippen LogP contribution is 2.16. The summed E-state index contributed by atoms with van der Waals surface area (Å²) >= 11 is 0. The molecule has 0 radical (unpaired) electrons. The van der Waals surface area contributed by atoms with Crippen molar-refractivity contribution in [2.24, 2.45) is 0 Å². The van der Waals surface area contributed by atoms with Gasteiger partial charge in [0.25, 0.3) is 0 Å². The van der Waals surface area contributed by atoms with E-state index in [2.05, 4.69) is 4.74 Å². The number of carbonyl (C=O) groups is 2. The van der Waals surface area contributed by atoms with Crippen molar-refractivity contribution < 1.29 is 24.5 Å². The minimum absolute atomic E-state index is 0.0509. The first-order valence-corrected chi connectivity index (χ1v) is 4.85. The van der Waals surface area contributed by atoms with Gasteiger partial charge in [0.05, 0.1) is 12.6 Å². The fourth-order valence-electron chi connectivity index (χ4n) is 1.66. The molecule has 1 heterocycles. The van der Waals surface area contributed by atoms with Gasteiger partial charge in [0, 0.05) is 6.54 Å². The molecular weight excluding hydrogens is 202 g/mol. The lowest BCUT2D eigenvalue weighted by molar-refractivity contribution is -0.146. The summed E-state index contributed by atoms with van der Waals surface area (Å²) < 4.78 is 4.69. The number of aliphatic hydroxyl groups excluding tert-OH is 1. The van der Waals surface area contributed by atoms with E-state index in [0.29, 0.717) is 6.54 Å². The zero-order valence-corrected chi connectivity index (χ0v) is 8.39. The number of carbonyl (C=O) groups excluding carboxylic acids is 1. The van der Waals surface area contributed by atoms with Crippen molar-refractivity contribution in [3.05, 3.63) is 0 Å². The second-order valence-corrected chi connectivity index (χ2v) is 3.45. The lowest BCUT2D eigenvalue weighted by Gasteiger charge is -2.22. The molecule has 6 nitrogen and oxygen atoms in total. The Kier molecular flexibility index (Phi) is 4.51. The van der Waals surface area contributed by atoms with Crippen LogP contribution < -0.4 is 0 Å². The summed E-state index contributed by atoms with van der Waals surface area (Å²) in [5.74, 6) is -1.35. The summed E-state index contributed by atoms with van der Waals surface area (Å²) in [5.41, 5.74) is 0. The van der Waals surface area contributed by atoms with Gasteiger partial charge in [-0.15, -0.1) is 0 Å². The van der Waals surface area contributed by atoms with Gasteiger partial charge in [0.1, 0.15) is 13.2 Å². The van der Waals surface area contributed by atoms with Crippen LogP contribution in [0.1, 0.15) is 12.8 Å². The predicted molar refractivity (Wildman–Crippen MR) is 50.3 cm³/mol. The van der Waals surface area contributed by atoms with E-state index in [4.69, 9.17) is 10.2 Å². The number of hydrogen-bond acceptors (Lipinski definition) is 4. The van der Waals surface area contributed by atoms with Gasteiger partial charge >= 0.3 is 5.97 Å². The maximum absolute atomic E-state index is 11.5. The number of likely N-dealkylation sites (tertiary alicyclic amines) is 1. The molecule has 1 aliphatic heterocycles. The van der Waals surface area contributed by atoms with Crippen LogP contribution in [0.2, 0.25) is 0 Å². The first-order valence-electron chi connectivity index (χ1n) is 4.85. The molecule has 15 heavy (non-hydrogen) atoms. The zero-order valence-electron chi connectivity index (χ0n) is 8.39. The third kappa shape index (κ3) is 3.49. The maximum atomic E-state index is 11.5. The molecule has 0 aliphatic carbocycles. The molecule has 0 saturated carbocycles. The Morgan fingerprint density at radius 1 is 1.40 bits per heavy atom. The molecule has 2 N–H and O–H groups in total. The molecule has 1 fully saturated rings. The Hall–Kier alpha value is -1.14. The Morgan fingerprint density at radius 2 is 2.13 bits per heavy atom. The highest BCUT2D eigenvalue weighted by molar-refractivity contribution is 5.78. The lowest BCUT2D eigenvalue weighted by atomic mass is 10.2. The number of carboxylic acids is 1. The summed E-state index contributed by atoms with van der Waals surface area (Å²) in [4.78, 5) is 23.2. The van der Waals surface area contributed by atoms with Gasteiger partial charge in [-0.25, -0.2) is 4.79 Å². The van der Waals surface area contributed by atoms with E-state index in [9.17, 15) is 9.59 Å². The van der Waals surface area contributed by atoms with Crippen LogP contribution in [0.15, 0.2) is 0 Å². The van der Waals surface area contributed by atoms with E-state index in [-0.39, 0.29) is 25.2 Å².